The normalized spacial score (nSPS) is 21.6. The number of rotatable bonds is 4. The zero-order chi connectivity index (χ0) is 12.3. The number of hydrogen-bond donors (Lipinski definition) is 2. The van der Waals surface area contributed by atoms with Crippen molar-refractivity contribution in [3.63, 3.8) is 0 Å². The van der Waals surface area contributed by atoms with Crippen LogP contribution in [-0.2, 0) is 6.54 Å². The van der Waals surface area contributed by atoms with Crippen molar-refractivity contribution in [3.05, 3.63) is 23.7 Å². The van der Waals surface area contributed by atoms with Crippen LogP contribution in [0.2, 0.25) is 0 Å². The van der Waals surface area contributed by atoms with E-state index in [2.05, 4.69) is 4.90 Å². The molecule has 0 aromatic carbocycles. The van der Waals surface area contributed by atoms with E-state index in [1.54, 1.807) is 6.07 Å². The van der Waals surface area contributed by atoms with Gasteiger partial charge in [-0.25, -0.2) is 4.79 Å². The average molecular weight is 239 g/mol. The molecule has 2 heterocycles. The lowest BCUT2D eigenvalue weighted by atomic mass is 9.99. The predicted molar refractivity (Wildman–Crippen MR) is 60.8 cm³/mol. The standard InChI is InChI=1S/C12H17NO4/c14-7-9-2-1-3-13(5-9)6-11-4-10(8-17-11)12(15)16/h4,8-9,14H,1-3,5-7H2,(H,15,16). The van der Waals surface area contributed by atoms with Gasteiger partial charge in [0, 0.05) is 13.2 Å². The molecule has 0 saturated carbocycles. The number of hydrogen-bond acceptors (Lipinski definition) is 4. The number of furan rings is 1. The Kier molecular flexibility index (Phi) is 3.81. The van der Waals surface area contributed by atoms with Crippen molar-refractivity contribution in [2.75, 3.05) is 19.7 Å². The highest BCUT2D eigenvalue weighted by atomic mass is 16.4. The highest BCUT2D eigenvalue weighted by molar-refractivity contribution is 5.87. The molecular formula is C12H17NO4. The second-order valence-corrected chi connectivity index (χ2v) is 4.53. The van der Waals surface area contributed by atoms with Gasteiger partial charge in [0.1, 0.15) is 12.0 Å². The molecule has 2 N–H and O–H groups in total. The van der Waals surface area contributed by atoms with E-state index in [1.807, 2.05) is 0 Å². The molecule has 0 spiro atoms. The fourth-order valence-corrected chi connectivity index (χ4v) is 2.24. The van der Waals surface area contributed by atoms with Gasteiger partial charge in [-0.3, -0.25) is 4.90 Å². The molecule has 5 heteroatoms. The van der Waals surface area contributed by atoms with E-state index in [9.17, 15) is 4.79 Å². The third kappa shape index (κ3) is 3.08. The lowest BCUT2D eigenvalue weighted by Gasteiger charge is -2.30. The maximum Gasteiger partial charge on any atom is 0.338 e. The minimum Gasteiger partial charge on any atom is -0.478 e. The lowest BCUT2D eigenvalue weighted by Crippen LogP contribution is -2.36. The van der Waals surface area contributed by atoms with Gasteiger partial charge in [0.15, 0.2) is 0 Å². The van der Waals surface area contributed by atoms with Crippen LogP contribution < -0.4 is 0 Å². The summed E-state index contributed by atoms with van der Waals surface area (Å²) in [6, 6.07) is 1.56. The van der Waals surface area contributed by atoms with Gasteiger partial charge in [0.05, 0.1) is 12.1 Å². The molecule has 2 rings (SSSR count). The average Bonchev–Trinajstić information content (AvgIpc) is 2.78. The van der Waals surface area contributed by atoms with Crippen LogP contribution in [0.15, 0.2) is 16.7 Å². The van der Waals surface area contributed by atoms with Gasteiger partial charge >= 0.3 is 5.97 Å². The number of carboxylic acids is 1. The lowest BCUT2D eigenvalue weighted by molar-refractivity contribution is 0.0696. The minimum absolute atomic E-state index is 0.190. The third-order valence-corrected chi connectivity index (χ3v) is 3.14. The topological polar surface area (TPSA) is 73.9 Å². The molecule has 1 unspecified atom stereocenters. The molecule has 5 nitrogen and oxygen atoms in total. The quantitative estimate of drug-likeness (QED) is 0.825. The molecule has 1 aliphatic rings. The number of aliphatic hydroxyl groups excluding tert-OH is 1. The van der Waals surface area contributed by atoms with Crippen molar-refractivity contribution >= 4 is 5.97 Å². The maximum atomic E-state index is 10.7. The molecule has 94 valence electrons. The molecule has 1 aliphatic heterocycles. The Morgan fingerprint density at radius 1 is 1.59 bits per heavy atom. The van der Waals surface area contributed by atoms with Crippen LogP contribution in [0, 0.1) is 5.92 Å². The number of nitrogens with zero attached hydrogens (tertiary/aromatic N) is 1. The number of likely N-dealkylation sites (tertiary alicyclic amines) is 1. The summed E-state index contributed by atoms with van der Waals surface area (Å²) in [6.07, 6.45) is 3.40. The van der Waals surface area contributed by atoms with Crippen LogP contribution in [0.5, 0.6) is 0 Å². The summed E-state index contributed by atoms with van der Waals surface area (Å²) >= 11 is 0. The molecule has 0 bridgehead atoms. The summed E-state index contributed by atoms with van der Waals surface area (Å²) in [5, 5.41) is 17.9. The zero-order valence-corrected chi connectivity index (χ0v) is 9.63. The third-order valence-electron chi connectivity index (χ3n) is 3.14. The Bertz CT molecular complexity index is 388. The van der Waals surface area contributed by atoms with Crippen molar-refractivity contribution in [2.24, 2.45) is 5.92 Å². The van der Waals surface area contributed by atoms with Crippen LogP contribution in [0.1, 0.15) is 29.0 Å². The highest BCUT2D eigenvalue weighted by Gasteiger charge is 2.20. The Balaban J connectivity index is 1.93. The largest absolute Gasteiger partial charge is 0.478 e. The number of carbonyl (C=O) groups is 1. The van der Waals surface area contributed by atoms with E-state index >= 15 is 0 Å². The fourth-order valence-electron chi connectivity index (χ4n) is 2.24. The summed E-state index contributed by atoms with van der Waals surface area (Å²) in [4.78, 5) is 12.9. The smallest absolute Gasteiger partial charge is 0.338 e. The van der Waals surface area contributed by atoms with Crippen molar-refractivity contribution in [1.29, 1.82) is 0 Å². The van der Waals surface area contributed by atoms with E-state index in [-0.39, 0.29) is 12.2 Å². The zero-order valence-electron chi connectivity index (χ0n) is 9.63. The van der Waals surface area contributed by atoms with Crippen molar-refractivity contribution < 1.29 is 19.4 Å². The summed E-state index contributed by atoms with van der Waals surface area (Å²) < 4.78 is 5.21. The van der Waals surface area contributed by atoms with Crippen LogP contribution in [0.4, 0.5) is 0 Å². The van der Waals surface area contributed by atoms with Crippen LogP contribution in [0.25, 0.3) is 0 Å². The first-order valence-electron chi connectivity index (χ1n) is 5.83. The summed E-state index contributed by atoms with van der Waals surface area (Å²) in [7, 11) is 0. The monoisotopic (exact) mass is 239 g/mol. The minimum atomic E-state index is -0.966. The van der Waals surface area contributed by atoms with Gasteiger partial charge in [0.2, 0.25) is 0 Å². The summed E-state index contributed by atoms with van der Waals surface area (Å²) in [5.41, 5.74) is 0.190. The number of piperidine rings is 1. The van der Waals surface area contributed by atoms with E-state index < -0.39 is 5.97 Å². The van der Waals surface area contributed by atoms with Gasteiger partial charge in [-0.1, -0.05) is 0 Å². The first-order valence-corrected chi connectivity index (χ1v) is 5.83. The molecule has 1 atom stereocenters. The molecule has 1 fully saturated rings. The number of aliphatic hydroxyl groups is 1. The summed E-state index contributed by atoms with van der Waals surface area (Å²) in [6.45, 7) is 2.65. The van der Waals surface area contributed by atoms with Crippen molar-refractivity contribution in [1.82, 2.24) is 4.90 Å². The van der Waals surface area contributed by atoms with Crippen LogP contribution in [0.3, 0.4) is 0 Å². The van der Waals surface area contributed by atoms with Crippen molar-refractivity contribution in [2.45, 2.75) is 19.4 Å². The summed E-state index contributed by atoms with van der Waals surface area (Å²) in [5.74, 6) is 0.0329. The Morgan fingerprint density at radius 2 is 2.41 bits per heavy atom. The first-order chi connectivity index (χ1) is 8.19. The molecule has 1 aromatic rings. The molecule has 0 radical (unpaired) electrons. The Morgan fingerprint density at radius 3 is 3.06 bits per heavy atom. The van der Waals surface area contributed by atoms with Crippen molar-refractivity contribution in [3.8, 4) is 0 Å². The molecule has 1 aromatic heterocycles. The van der Waals surface area contributed by atoms with E-state index in [0.29, 0.717) is 18.2 Å². The van der Waals surface area contributed by atoms with Crippen LogP contribution in [-0.4, -0.2) is 40.8 Å². The van der Waals surface area contributed by atoms with Crippen LogP contribution >= 0.6 is 0 Å². The fraction of sp³-hybridized carbons (Fsp3) is 0.583. The SMILES string of the molecule is O=C(O)c1coc(CN2CCCC(CO)C2)c1. The molecule has 1 saturated heterocycles. The second kappa shape index (κ2) is 5.33. The predicted octanol–water partition coefficient (Wildman–Crippen LogP) is 1.18. The molecule has 0 aliphatic carbocycles. The van der Waals surface area contributed by atoms with Gasteiger partial charge in [-0.2, -0.15) is 0 Å². The molecule has 17 heavy (non-hydrogen) atoms. The number of aromatic carboxylic acids is 1. The molecular weight excluding hydrogens is 222 g/mol. The Labute approximate surface area is 99.6 Å². The Hall–Kier alpha value is -1.33. The van der Waals surface area contributed by atoms with Gasteiger partial charge < -0.3 is 14.6 Å². The first kappa shape index (κ1) is 12.1. The van der Waals surface area contributed by atoms with Gasteiger partial charge in [-0.15, -0.1) is 0 Å². The van der Waals surface area contributed by atoms with Gasteiger partial charge in [-0.05, 0) is 31.4 Å². The van der Waals surface area contributed by atoms with E-state index in [1.165, 1.54) is 6.26 Å². The van der Waals surface area contributed by atoms with Gasteiger partial charge in [0.25, 0.3) is 0 Å². The number of carboxylic acid groups (broad SMARTS) is 1. The van der Waals surface area contributed by atoms with E-state index in [0.717, 1.165) is 25.9 Å². The van der Waals surface area contributed by atoms with E-state index in [4.69, 9.17) is 14.6 Å². The highest BCUT2D eigenvalue weighted by Crippen LogP contribution is 2.19. The molecule has 0 amide bonds. The maximum absolute atomic E-state index is 10.7. The second-order valence-electron chi connectivity index (χ2n) is 4.53.